The molecule has 1 aromatic carbocycles. The van der Waals surface area contributed by atoms with Crippen LogP contribution in [-0.2, 0) is 0 Å². The summed E-state index contributed by atoms with van der Waals surface area (Å²) in [6.07, 6.45) is 0. The monoisotopic (exact) mass is 294 g/mol. The van der Waals surface area contributed by atoms with Crippen molar-refractivity contribution in [2.45, 2.75) is 33.7 Å². The van der Waals surface area contributed by atoms with Gasteiger partial charge >= 0.3 is 0 Å². The Morgan fingerprint density at radius 3 is 2.48 bits per heavy atom. The quantitative estimate of drug-likeness (QED) is 0.292. The Hall–Kier alpha value is -2.31. The smallest absolute Gasteiger partial charge is 0.293 e. The van der Waals surface area contributed by atoms with Crippen molar-refractivity contribution in [1.29, 1.82) is 0 Å². The highest BCUT2D eigenvalue weighted by atomic mass is 16.6. The summed E-state index contributed by atoms with van der Waals surface area (Å²) in [7, 11) is 1.82. The van der Waals surface area contributed by atoms with E-state index in [1.807, 2.05) is 18.9 Å². The first-order valence-electron chi connectivity index (χ1n) is 6.58. The highest BCUT2D eigenvalue weighted by Crippen LogP contribution is 2.33. The number of nitrogens with two attached hydrogens (primary N) is 1. The van der Waals surface area contributed by atoms with Crippen molar-refractivity contribution in [2.75, 3.05) is 11.9 Å². The Bertz CT molecular complexity index is 564. The lowest BCUT2D eigenvalue weighted by atomic mass is 9.87. The number of anilines is 1. The van der Waals surface area contributed by atoms with Crippen molar-refractivity contribution in [3.8, 4) is 0 Å². The van der Waals surface area contributed by atoms with E-state index in [0.29, 0.717) is 11.3 Å². The first-order chi connectivity index (χ1) is 9.59. The van der Waals surface area contributed by atoms with Crippen LogP contribution in [-0.4, -0.2) is 29.1 Å². The van der Waals surface area contributed by atoms with Crippen molar-refractivity contribution >= 4 is 17.2 Å². The van der Waals surface area contributed by atoms with E-state index in [9.17, 15) is 10.1 Å². The van der Waals surface area contributed by atoms with Gasteiger partial charge in [-0.15, -0.1) is 0 Å². The van der Waals surface area contributed by atoms with Gasteiger partial charge in [-0.2, -0.15) is 0 Å². The van der Waals surface area contributed by atoms with Gasteiger partial charge in [0, 0.05) is 24.7 Å². The van der Waals surface area contributed by atoms with Crippen LogP contribution in [0.4, 0.5) is 11.4 Å². The summed E-state index contributed by atoms with van der Waals surface area (Å²) in [6.45, 7) is 8.24. The molecule has 21 heavy (non-hydrogen) atoms. The molecule has 7 heteroatoms. The van der Waals surface area contributed by atoms with Gasteiger partial charge in [-0.1, -0.05) is 25.9 Å². The first-order valence-corrected chi connectivity index (χ1v) is 6.58. The number of nitrogens with zero attached hydrogens (tertiary/aromatic N) is 3. The third-order valence-corrected chi connectivity index (χ3v) is 3.79. The molecule has 0 aromatic heterocycles. The second kappa shape index (κ2) is 5.99. The third kappa shape index (κ3) is 3.62. The Kier molecular flexibility index (Phi) is 4.77. The van der Waals surface area contributed by atoms with Gasteiger partial charge in [0.1, 0.15) is 5.69 Å². The molecular formula is C14H22N4O3. The molecule has 0 saturated carbocycles. The summed E-state index contributed by atoms with van der Waals surface area (Å²) in [5.74, 6) is -0.156. The van der Waals surface area contributed by atoms with Gasteiger partial charge in [0.25, 0.3) is 5.69 Å². The number of hydrogen-bond donors (Lipinski definition) is 2. The van der Waals surface area contributed by atoms with E-state index in [1.54, 1.807) is 12.1 Å². The number of hydrogen-bond acceptors (Lipinski definition) is 5. The predicted molar refractivity (Wildman–Crippen MR) is 82.9 cm³/mol. The molecule has 3 N–H and O–H groups in total. The second-order valence-electron chi connectivity index (χ2n) is 6.10. The molecule has 0 saturated heterocycles. The van der Waals surface area contributed by atoms with E-state index in [-0.39, 0.29) is 23.0 Å². The fourth-order valence-corrected chi connectivity index (χ4v) is 1.97. The highest BCUT2D eigenvalue weighted by molar-refractivity contribution is 5.98. The zero-order valence-corrected chi connectivity index (χ0v) is 13.0. The van der Waals surface area contributed by atoms with E-state index >= 15 is 0 Å². The Labute approximate surface area is 124 Å². The minimum Gasteiger partial charge on any atom is -0.409 e. The number of benzene rings is 1. The summed E-state index contributed by atoms with van der Waals surface area (Å²) in [5, 5.41) is 22.8. The number of amidine groups is 1. The van der Waals surface area contributed by atoms with Gasteiger partial charge in [0.15, 0.2) is 5.84 Å². The van der Waals surface area contributed by atoms with Crippen LogP contribution >= 0.6 is 0 Å². The lowest BCUT2D eigenvalue weighted by molar-refractivity contribution is -0.384. The molecule has 1 unspecified atom stereocenters. The zero-order valence-electron chi connectivity index (χ0n) is 13.0. The van der Waals surface area contributed by atoms with Crippen molar-refractivity contribution in [3.63, 3.8) is 0 Å². The van der Waals surface area contributed by atoms with Crippen LogP contribution in [0.3, 0.4) is 0 Å². The Balaban J connectivity index is 3.34. The molecule has 0 amide bonds. The number of nitro benzene ring substituents is 1. The van der Waals surface area contributed by atoms with Gasteiger partial charge < -0.3 is 15.8 Å². The van der Waals surface area contributed by atoms with E-state index in [0.717, 1.165) is 0 Å². The maximum Gasteiger partial charge on any atom is 0.293 e. The lowest BCUT2D eigenvalue weighted by Gasteiger charge is -2.36. The van der Waals surface area contributed by atoms with Gasteiger partial charge in [0.05, 0.1) is 4.92 Å². The molecule has 0 spiro atoms. The zero-order chi connectivity index (χ0) is 16.4. The van der Waals surface area contributed by atoms with E-state index in [1.165, 1.54) is 6.07 Å². The average Bonchev–Trinajstić information content (AvgIpc) is 2.43. The molecule has 1 rings (SSSR count). The largest absolute Gasteiger partial charge is 0.409 e. The third-order valence-electron chi connectivity index (χ3n) is 3.79. The van der Waals surface area contributed by atoms with Crippen LogP contribution in [0.5, 0.6) is 0 Å². The molecule has 116 valence electrons. The van der Waals surface area contributed by atoms with E-state index in [4.69, 9.17) is 10.9 Å². The number of oxime groups is 1. The van der Waals surface area contributed by atoms with Crippen molar-refractivity contribution in [2.24, 2.45) is 16.3 Å². The van der Waals surface area contributed by atoms with Crippen LogP contribution in [0, 0.1) is 15.5 Å². The van der Waals surface area contributed by atoms with Gasteiger partial charge in [0.2, 0.25) is 0 Å². The SMILES string of the molecule is CC(N(C)c1ccc(C(N)=NO)cc1[N+](=O)[O-])C(C)(C)C. The standard InChI is InChI=1S/C14H22N4O3/c1-9(14(2,3)4)17(5)11-7-6-10(13(15)16-19)8-12(11)18(20)21/h6-9,19H,1-5H3,(H2,15,16). The van der Waals surface area contributed by atoms with Crippen LogP contribution in [0.15, 0.2) is 23.4 Å². The summed E-state index contributed by atoms with van der Waals surface area (Å²) < 4.78 is 0. The van der Waals surface area contributed by atoms with Crippen molar-refractivity contribution < 1.29 is 10.1 Å². The normalized spacial score (nSPS) is 13.9. The Morgan fingerprint density at radius 1 is 1.48 bits per heavy atom. The van der Waals surface area contributed by atoms with Gasteiger partial charge in [-0.05, 0) is 24.5 Å². The van der Waals surface area contributed by atoms with Crippen LogP contribution < -0.4 is 10.6 Å². The molecule has 0 radical (unpaired) electrons. The summed E-state index contributed by atoms with van der Waals surface area (Å²) in [6, 6.07) is 4.62. The van der Waals surface area contributed by atoms with Gasteiger partial charge in [-0.25, -0.2) is 0 Å². The minimum absolute atomic E-state index is 0.0348. The summed E-state index contributed by atoms with van der Waals surface area (Å²) in [4.78, 5) is 12.7. The van der Waals surface area contributed by atoms with Crippen LogP contribution in [0.1, 0.15) is 33.3 Å². The molecule has 0 heterocycles. The molecule has 0 aliphatic carbocycles. The van der Waals surface area contributed by atoms with Crippen molar-refractivity contribution in [1.82, 2.24) is 0 Å². The molecular weight excluding hydrogens is 272 g/mol. The molecule has 0 aliphatic rings. The average molecular weight is 294 g/mol. The van der Waals surface area contributed by atoms with Crippen molar-refractivity contribution in [3.05, 3.63) is 33.9 Å². The molecule has 7 nitrogen and oxygen atoms in total. The molecule has 1 aromatic rings. The molecule has 1 atom stereocenters. The summed E-state index contributed by atoms with van der Waals surface area (Å²) in [5.41, 5.74) is 6.18. The molecule has 0 bridgehead atoms. The van der Waals surface area contributed by atoms with E-state index < -0.39 is 4.92 Å². The topological polar surface area (TPSA) is 105 Å². The maximum absolute atomic E-state index is 11.3. The lowest BCUT2D eigenvalue weighted by Crippen LogP contribution is -2.39. The van der Waals surface area contributed by atoms with Crippen LogP contribution in [0.25, 0.3) is 0 Å². The number of nitro groups is 1. The van der Waals surface area contributed by atoms with Gasteiger partial charge in [-0.3, -0.25) is 10.1 Å². The first kappa shape index (κ1) is 16.7. The summed E-state index contributed by atoms with van der Waals surface area (Å²) >= 11 is 0. The van der Waals surface area contributed by atoms with E-state index in [2.05, 4.69) is 25.9 Å². The van der Waals surface area contributed by atoms with Crippen LogP contribution in [0.2, 0.25) is 0 Å². The Morgan fingerprint density at radius 2 is 2.05 bits per heavy atom. The maximum atomic E-state index is 11.3. The minimum atomic E-state index is -0.463. The molecule has 0 fully saturated rings. The fourth-order valence-electron chi connectivity index (χ4n) is 1.97. The predicted octanol–water partition coefficient (Wildman–Crippen LogP) is 2.56. The molecule has 0 aliphatic heterocycles. The fraction of sp³-hybridized carbons (Fsp3) is 0.500. The second-order valence-corrected chi connectivity index (χ2v) is 6.10. The number of rotatable bonds is 4. The highest BCUT2D eigenvalue weighted by Gasteiger charge is 2.28.